The summed E-state index contributed by atoms with van der Waals surface area (Å²) in [7, 11) is 0. The Kier molecular flexibility index (Phi) is 2.45. The van der Waals surface area contributed by atoms with Crippen LogP contribution in [0.2, 0.25) is 0 Å². The molecule has 0 fully saturated rings. The number of aryl methyl sites for hydroxylation is 3. The number of aromatic amines is 1. The van der Waals surface area contributed by atoms with E-state index in [0.717, 1.165) is 23.7 Å². The zero-order valence-electron chi connectivity index (χ0n) is 7.84. The first-order valence-corrected chi connectivity index (χ1v) is 4.76. The van der Waals surface area contributed by atoms with Crippen molar-refractivity contribution in [3.63, 3.8) is 0 Å². The molecule has 74 valence electrons. The molecule has 5 nitrogen and oxygen atoms in total. The molecular formula is C8H11N5S. The Labute approximate surface area is 86.4 Å². The Morgan fingerprint density at radius 1 is 1.43 bits per heavy atom. The van der Waals surface area contributed by atoms with Gasteiger partial charge in [0, 0.05) is 25.5 Å². The maximum atomic E-state index is 5.08. The fourth-order valence-corrected chi connectivity index (χ4v) is 1.49. The third-order valence-electron chi connectivity index (χ3n) is 2.11. The average molecular weight is 209 g/mol. The lowest BCUT2D eigenvalue weighted by Crippen LogP contribution is -2.07. The van der Waals surface area contributed by atoms with Crippen molar-refractivity contribution >= 4 is 12.2 Å². The first-order valence-electron chi connectivity index (χ1n) is 4.35. The van der Waals surface area contributed by atoms with Crippen molar-refractivity contribution in [2.75, 3.05) is 0 Å². The number of rotatable bonds is 3. The molecular weight excluding hydrogens is 198 g/mol. The van der Waals surface area contributed by atoms with Crippen molar-refractivity contribution in [2.45, 2.75) is 20.0 Å². The molecule has 0 bridgehead atoms. The Bertz CT molecular complexity index is 466. The highest BCUT2D eigenvalue weighted by Gasteiger charge is 1.98. The molecule has 6 heteroatoms. The quantitative estimate of drug-likeness (QED) is 0.771. The van der Waals surface area contributed by atoms with Gasteiger partial charge in [0.2, 0.25) is 0 Å². The molecule has 0 aliphatic rings. The number of hydrogen-bond donors (Lipinski definition) is 1. The van der Waals surface area contributed by atoms with Gasteiger partial charge in [-0.1, -0.05) is 0 Å². The minimum atomic E-state index is 0.746. The van der Waals surface area contributed by atoms with Crippen LogP contribution in [0, 0.1) is 11.7 Å². The van der Waals surface area contributed by atoms with Crippen molar-refractivity contribution in [3.8, 4) is 0 Å². The van der Waals surface area contributed by atoms with Crippen LogP contribution >= 0.6 is 12.2 Å². The zero-order valence-corrected chi connectivity index (χ0v) is 8.66. The summed E-state index contributed by atoms with van der Waals surface area (Å²) in [5.74, 6) is 0.923. The summed E-state index contributed by atoms with van der Waals surface area (Å²) >= 11 is 5.08. The van der Waals surface area contributed by atoms with E-state index in [1.165, 1.54) is 0 Å². The summed E-state index contributed by atoms with van der Waals surface area (Å²) in [6.07, 6.45) is 5.50. The maximum Gasteiger partial charge on any atom is 0.177 e. The first-order chi connectivity index (χ1) is 6.77. The van der Waals surface area contributed by atoms with Gasteiger partial charge in [-0.3, -0.25) is 0 Å². The smallest absolute Gasteiger partial charge is 0.177 e. The van der Waals surface area contributed by atoms with E-state index in [1.54, 1.807) is 6.33 Å². The van der Waals surface area contributed by atoms with Gasteiger partial charge in [0.25, 0.3) is 0 Å². The van der Waals surface area contributed by atoms with Crippen molar-refractivity contribution in [1.82, 2.24) is 24.3 Å². The van der Waals surface area contributed by atoms with Crippen molar-refractivity contribution in [1.29, 1.82) is 0 Å². The minimum absolute atomic E-state index is 0.746. The van der Waals surface area contributed by atoms with Crippen LogP contribution < -0.4 is 0 Å². The first kappa shape index (κ1) is 9.14. The normalized spacial score (nSPS) is 10.6. The molecule has 0 saturated carbocycles. The standard InChI is InChI=1S/C8H11N5S/c1-7-11-10-6-13(7)5-4-12-3-2-9-8(12)14/h2-3,6H,4-5H2,1H3,(H,9,14). The highest BCUT2D eigenvalue weighted by Crippen LogP contribution is 1.96. The van der Waals surface area contributed by atoms with E-state index in [9.17, 15) is 0 Å². The molecule has 14 heavy (non-hydrogen) atoms. The van der Waals surface area contributed by atoms with Crippen LogP contribution in [0.15, 0.2) is 18.7 Å². The Balaban J connectivity index is 2.05. The van der Waals surface area contributed by atoms with Crippen molar-refractivity contribution < 1.29 is 0 Å². The Morgan fingerprint density at radius 3 is 2.79 bits per heavy atom. The number of nitrogens with zero attached hydrogens (tertiary/aromatic N) is 4. The SMILES string of the molecule is Cc1nncn1CCn1cc[nH]c1=S. The molecule has 0 atom stereocenters. The van der Waals surface area contributed by atoms with E-state index in [1.807, 2.05) is 28.5 Å². The van der Waals surface area contributed by atoms with Crippen LogP contribution in [0.5, 0.6) is 0 Å². The number of nitrogens with one attached hydrogen (secondary N) is 1. The fraction of sp³-hybridized carbons (Fsp3) is 0.375. The predicted octanol–water partition coefficient (Wildman–Crippen LogP) is 1.15. The second kappa shape index (κ2) is 3.75. The van der Waals surface area contributed by atoms with E-state index >= 15 is 0 Å². The molecule has 1 N–H and O–H groups in total. The summed E-state index contributed by atoms with van der Waals surface area (Å²) in [6.45, 7) is 3.61. The number of aromatic nitrogens is 5. The Hall–Kier alpha value is -1.43. The van der Waals surface area contributed by atoms with Crippen LogP contribution in [0.1, 0.15) is 5.82 Å². The molecule has 0 spiro atoms. The van der Waals surface area contributed by atoms with Crippen molar-refractivity contribution in [3.05, 3.63) is 29.3 Å². The molecule has 0 aliphatic heterocycles. The lowest BCUT2D eigenvalue weighted by Gasteiger charge is -2.04. The summed E-state index contributed by atoms with van der Waals surface area (Å²) in [4.78, 5) is 2.95. The molecule has 0 unspecified atom stereocenters. The second-order valence-corrected chi connectivity index (χ2v) is 3.42. The number of hydrogen-bond acceptors (Lipinski definition) is 3. The molecule has 0 aromatic carbocycles. The van der Waals surface area contributed by atoms with Gasteiger partial charge in [-0.15, -0.1) is 10.2 Å². The van der Waals surface area contributed by atoms with E-state index < -0.39 is 0 Å². The summed E-state index contributed by atoms with van der Waals surface area (Å²) < 4.78 is 4.72. The van der Waals surface area contributed by atoms with Crippen molar-refractivity contribution in [2.24, 2.45) is 0 Å². The molecule has 0 aliphatic carbocycles. The number of H-pyrrole nitrogens is 1. The zero-order chi connectivity index (χ0) is 9.97. The second-order valence-electron chi connectivity index (χ2n) is 3.03. The van der Waals surface area contributed by atoms with Gasteiger partial charge in [-0.25, -0.2) is 0 Å². The monoisotopic (exact) mass is 209 g/mol. The van der Waals surface area contributed by atoms with Gasteiger partial charge in [0.15, 0.2) is 4.77 Å². The third kappa shape index (κ3) is 1.74. The fourth-order valence-electron chi connectivity index (χ4n) is 1.27. The van der Waals surface area contributed by atoms with Gasteiger partial charge < -0.3 is 14.1 Å². The van der Waals surface area contributed by atoms with E-state index in [-0.39, 0.29) is 0 Å². The van der Waals surface area contributed by atoms with Crippen LogP contribution in [0.4, 0.5) is 0 Å². The molecule has 0 amide bonds. The molecule has 0 radical (unpaired) electrons. The summed E-state index contributed by atoms with van der Waals surface area (Å²) in [5, 5.41) is 7.72. The van der Waals surface area contributed by atoms with Crippen LogP contribution in [-0.4, -0.2) is 24.3 Å². The van der Waals surface area contributed by atoms with Gasteiger partial charge in [0.05, 0.1) is 0 Å². The minimum Gasteiger partial charge on any atom is -0.337 e. The van der Waals surface area contributed by atoms with Crippen LogP contribution in [0.25, 0.3) is 0 Å². The number of imidazole rings is 1. The highest BCUT2D eigenvalue weighted by molar-refractivity contribution is 7.71. The predicted molar refractivity (Wildman–Crippen MR) is 54.4 cm³/mol. The van der Waals surface area contributed by atoms with Gasteiger partial charge in [-0.05, 0) is 19.1 Å². The van der Waals surface area contributed by atoms with Crippen LogP contribution in [-0.2, 0) is 13.1 Å². The van der Waals surface area contributed by atoms with Gasteiger partial charge >= 0.3 is 0 Å². The third-order valence-corrected chi connectivity index (χ3v) is 2.47. The molecule has 2 rings (SSSR count). The molecule has 2 heterocycles. The highest BCUT2D eigenvalue weighted by atomic mass is 32.1. The summed E-state index contributed by atoms with van der Waals surface area (Å²) in [5.41, 5.74) is 0. The maximum absolute atomic E-state index is 5.08. The van der Waals surface area contributed by atoms with E-state index in [4.69, 9.17) is 12.2 Å². The van der Waals surface area contributed by atoms with Gasteiger partial charge in [-0.2, -0.15) is 0 Å². The van der Waals surface area contributed by atoms with E-state index in [0.29, 0.717) is 0 Å². The summed E-state index contributed by atoms with van der Waals surface area (Å²) in [6, 6.07) is 0. The largest absolute Gasteiger partial charge is 0.337 e. The Morgan fingerprint density at radius 2 is 2.21 bits per heavy atom. The van der Waals surface area contributed by atoms with Crippen LogP contribution in [0.3, 0.4) is 0 Å². The van der Waals surface area contributed by atoms with Gasteiger partial charge in [0.1, 0.15) is 12.2 Å². The average Bonchev–Trinajstić information content (AvgIpc) is 2.72. The lowest BCUT2D eigenvalue weighted by molar-refractivity contribution is 0.563. The molecule has 0 saturated heterocycles. The van der Waals surface area contributed by atoms with E-state index in [2.05, 4.69) is 15.2 Å². The molecule has 2 aromatic rings. The topological polar surface area (TPSA) is 51.4 Å². The lowest BCUT2D eigenvalue weighted by atomic mass is 10.5. The molecule has 2 aromatic heterocycles.